The molecule has 3 aromatic rings. The minimum atomic E-state index is -0.392. The number of amides is 1. The molecule has 156 valence electrons. The zero-order valence-corrected chi connectivity index (χ0v) is 16.6. The molecule has 0 aliphatic carbocycles. The average molecular weight is 409 g/mol. The quantitative estimate of drug-likeness (QED) is 0.516. The highest BCUT2D eigenvalue weighted by atomic mass is 16.5. The fraction of sp³-hybridized carbons (Fsp3) is 0.227. The predicted molar refractivity (Wildman–Crippen MR) is 111 cm³/mol. The first-order chi connectivity index (χ1) is 14.7. The summed E-state index contributed by atoms with van der Waals surface area (Å²) in [5, 5.41) is 6.84. The van der Waals surface area contributed by atoms with E-state index in [0.717, 1.165) is 0 Å². The SMILES string of the molecule is COc1ccccc1OCCNC(=O)c1ccc(=O)n(CCOc2ccccc2)n1. The van der Waals surface area contributed by atoms with Crippen LogP contribution in [0.4, 0.5) is 0 Å². The van der Waals surface area contributed by atoms with Gasteiger partial charge in [0.15, 0.2) is 11.5 Å². The maximum absolute atomic E-state index is 12.3. The number of nitrogens with one attached hydrogen (secondary N) is 1. The van der Waals surface area contributed by atoms with Crippen molar-refractivity contribution in [2.75, 3.05) is 26.9 Å². The van der Waals surface area contributed by atoms with E-state index in [4.69, 9.17) is 14.2 Å². The molecular weight excluding hydrogens is 386 g/mol. The number of carbonyl (C=O) groups excluding carboxylic acids is 1. The number of hydrogen-bond acceptors (Lipinski definition) is 6. The second-order valence-corrected chi connectivity index (χ2v) is 6.20. The Bertz CT molecular complexity index is 1020. The highest BCUT2D eigenvalue weighted by Crippen LogP contribution is 2.25. The Morgan fingerprint density at radius 1 is 0.933 bits per heavy atom. The summed E-state index contributed by atoms with van der Waals surface area (Å²) in [5.41, 5.74) is -0.158. The fourth-order valence-electron chi connectivity index (χ4n) is 2.65. The van der Waals surface area contributed by atoms with Gasteiger partial charge in [0.2, 0.25) is 0 Å². The number of hydrogen-bond donors (Lipinski definition) is 1. The Kier molecular flexibility index (Phi) is 7.43. The molecule has 0 radical (unpaired) electrons. The van der Waals surface area contributed by atoms with Gasteiger partial charge in [0.05, 0.1) is 20.2 Å². The van der Waals surface area contributed by atoms with Crippen molar-refractivity contribution in [2.24, 2.45) is 0 Å². The first-order valence-corrected chi connectivity index (χ1v) is 9.47. The van der Waals surface area contributed by atoms with E-state index in [9.17, 15) is 9.59 Å². The van der Waals surface area contributed by atoms with Gasteiger partial charge < -0.3 is 19.5 Å². The molecule has 0 spiro atoms. The van der Waals surface area contributed by atoms with Gasteiger partial charge in [0, 0.05) is 6.07 Å². The highest BCUT2D eigenvalue weighted by molar-refractivity contribution is 5.91. The van der Waals surface area contributed by atoms with Crippen LogP contribution in [0.25, 0.3) is 0 Å². The topological polar surface area (TPSA) is 91.7 Å². The number of para-hydroxylation sites is 3. The van der Waals surface area contributed by atoms with Crippen LogP contribution in [-0.2, 0) is 6.54 Å². The third-order valence-corrected chi connectivity index (χ3v) is 4.13. The summed E-state index contributed by atoms with van der Waals surface area (Å²) in [6, 6.07) is 19.2. The molecule has 0 fully saturated rings. The summed E-state index contributed by atoms with van der Waals surface area (Å²) in [6.07, 6.45) is 0. The van der Waals surface area contributed by atoms with E-state index in [-0.39, 0.29) is 37.6 Å². The number of methoxy groups -OCH3 is 1. The van der Waals surface area contributed by atoms with Gasteiger partial charge in [-0.3, -0.25) is 9.59 Å². The Balaban J connectivity index is 1.49. The molecule has 1 amide bonds. The Labute approximate surface area is 174 Å². The Morgan fingerprint density at radius 3 is 2.43 bits per heavy atom. The first-order valence-electron chi connectivity index (χ1n) is 9.47. The Morgan fingerprint density at radius 2 is 1.67 bits per heavy atom. The summed E-state index contributed by atoms with van der Waals surface area (Å²) in [4.78, 5) is 24.3. The van der Waals surface area contributed by atoms with Crippen molar-refractivity contribution in [3.63, 3.8) is 0 Å². The Hall–Kier alpha value is -3.81. The van der Waals surface area contributed by atoms with Crippen molar-refractivity contribution in [1.29, 1.82) is 0 Å². The van der Waals surface area contributed by atoms with Crippen molar-refractivity contribution in [2.45, 2.75) is 6.54 Å². The molecule has 0 saturated carbocycles. The van der Waals surface area contributed by atoms with Crippen molar-refractivity contribution >= 4 is 5.91 Å². The van der Waals surface area contributed by atoms with Crippen LogP contribution in [0.15, 0.2) is 71.5 Å². The molecule has 1 N–H and O–H groups in total. The lowest BCUT2D eigenvalue weighted by Crippen LogP contribution is -2.32. The van der Waals surface area contributed by atoms with E-state index >= 15 is 0 Å². The summed E-state index contributed by atoms with van der Waals surface area (Å²) < 4.78 is 17.6. The van der Waals surface area contributed by atoms with Crippen molar-refractivity contribution in [3.05, 3.63) is 82.8 Å². The molecule has 1 heterocycles. The van der Waals surface area contributed by atoms with Crippen LogP contribution in [-0.4, -0.2) is 42.6 Å². The molecule has 3 rings (SSSR count). The summed E-state index contributed by atoms with van der Waals surface area (Å²) in [6.45, 7) is 1.02. The van der Waals surface area contributed by atoms with Gasteiger partial charge in [0.25, 0.3) is 11.5 Å². The largest absolute Gasteiger partial charge is 0.493 e. The average Bonchev–Trinajstić information content (AvgIpc) is 2.78. The second kappa shape index (κ2) is 10.7. The molecule has 0 saturated heterocycles. The monoisotopic (exact) mass is 409 g/mol. The molecule has 8 nitrogen and oxygen atoms in total. The van der Waals surface area contributed by atoms with E-state index in [0.29, 0.717) is 17.2 Å². The fourth-order valence-corrected chi connectivity index (χ4v) is 2.65. The highest BCUT2D eigenvalue weighted by Gasteiger charge is 2.10. The van der Waals surface area contributed by atoms with Gasteiger partial charge in [-0.1, -0.05) is 30.3 Å². The van der Waals surface area contributed by atoms with E-state index in [1.807, 2.05) is 42.5 Å². The van der Waals surface area contributed by atoms with Crippen LogP contribution in [0, 0.1) is 0 Å². The van der Waals surface area contributed by atoms with Crippen LogP contribution < -0.4 is 25.1 Å². The lowest BCUT2D eigenvalue weighted by Gasteiger charge is -2.11. The molecule has 0 aliphatic heterocycles. The van der Waals surface area contributed by atoms with Crippen LogP contribution in [0.3, 0.4) is 0 Å². The zero-order chi connectivity index (χ0) is 21.2. The number of carbonyl (C=O) groups is 1. The standard InChI is InChI=1S/C22H23N3O5/c1-28-19-9-5-6-10-20(19)30-15-13-23-22(27)18-11-12-21(26)25(24-18)14-16-29-17-7-3-2-4-8-17/h2-12H,13-16H2,1H3,(H,23,27). The first kappa shape index (κ1) is 20.9. The van der Waals surface area contributed by atoms with Crippen LogP contribution >= 0.6 is 0 Å². The molecule has 0 aliphatic rings. The number of rotatable bonds is 10. The molecule has 0 bridgehead atoms. The van der Waals surface area contributed by atoms with Gasteiger partial charge >= 0.3 is 0 Å². The van der Waals surface area contributed by atoms with Gasteiger partial charge in [-0.25, -0.2) is 4.68 Å². The van der Waals surface area contributed by atoms with E-state index in [1.54, 1.807) is 19.2 Å². The predicted octanol–water partition coefficient (Wildman–Crippen LogP) is 2.14. The van der Waals surface area contributed by atoms with Crippen LogP contribution in [0.1, 0.15) is 10.5 Å². The van der Waals surface area contributed by atoms with Gasteiger partial charge in [-0.05, 0) is 30.3 Å². The maximum Gasteiger partial charge on any atom is 0.271 e. The third kappa shape index (κ3) is 5.84. The number of aromatic nitrogens is 2. The molecule has 2 aromatic carbocycles. The van der Waals surface area contributed by atoms with Crippen molar-refractivity contribution in [1.82, 2.24) is 15.1 Å². The summed E-state index contributed by atoms with van der Waals surface area (Å²) >= 11 is 0. The van der Waals surface area contributed by atoms with E-state index in [2.05, 4.69) is 10.4 Å². The lowest BCUT2D eigenvalue weighted by atomic mass is 10.3. The molecule has 0 atom stereocenters. The van der Waals surface area contributed by atoms with Gasteiger partial charge in [-0.2, -0.15) is 5.10 Å². The lowest BCUT2D eigenvalue weighted by molar-refractivity contribution is 0.0938. The molecule has 0 unspecified atom stereocenters. The number of ether oxygens (including phenoxy) is 3. The minimum absolute atomic E-state index is 0.145. The summed E-state index contributed by atoms with van der Waals surface area (Å²) in [5.74, 6) is 1.53. The molecule has 30 heavy (non-hydrogen) atoms. The van der Waals surface area contributed by atoms with Crippen molar-refractivity contribution in [3.8, 4) is 17.2 Å². The number of benzene rings is 2. The van der Waals surface area contributed by atoms with Crippen LogP contribution in [0.5, 0.6) is 17.2 Å². The van der Waals surface area contributed by atoms with Gasteiger partial charge in [0.1, 0.15) is 24.7 Å². The van der Waals surface area contributed by atoms with Crippen LogP contribution in [0.2, 0.25) is 0 Å². The molecule has 1 aromatic heterocycles. The summed E-state index contributed by atoms with van der Waals surface area (Å²) in [7, 11) is 1.56. The van der Waals surface area contributed by atoms with E-state index in [1.165, 1.54) is 16.8 Å². The minimum Gasteiger partial charge on any atom is -0.493 e. The second-order valence-electron chi connectivity index (χ2n) is 6.20. The molecule has 8 heteroatoms. The number of nitrogens with zero attached hydrogens (tertiary/aromatic N) is 2. The normalized spacial score (nSPS) is 10.3. The molecular formula is C22H23N3O5. The maximum atomic E-state index is 12.3. The van der Waals surface area contributed by atoms with Gasteiger partial charge in [-0.15, -0.1) is 0 Å². The van der Waals surface area contributed by atoms with E-state index < -0.39 is 5.91 Å². The zero-order valence-electron chi connectivity index (χ0n) is 16.6. The smallest absolute Gasteiger partial charge is 0.271 e. The van der Waals surface area contributed by atoms with Crippen molar-refractivity contribution < 1.29 is 19.0 Å². The third-order valence-electron chi connectivity index (χ3n) is 4.13.